The van der Waals surface area contributed by atoms with Gasteiger partial charge in [-0.3, -0.25) is 9.69 Å². The molecule has 4 rings (SSSR count). The van der Waals surface area contributed by atoms with Gasteiger partial charge in [-0.1, -0.05) is 37.7 Å². The number of carbonyl (C=O) groups is 1. The molecule has 0 aliphatic carbocycles. The van der Waals surface area contributed by atoms with Crippen LogP contribution in [0.25, 0.3) is 10.2 Å². The molecule has 1 amide bonds. The van der Waals surface area contributed by atoms with Crippen molar-refractivity contribution in [3.8, 4) is 5.75 Å². The van der Waals surface area contributed by atoms with Crippen LogP contribution in [0, 0.1) is 0 Å². The molecule has 36 heavy (non-hydrogen) atoms. The average Bonchev–Trinajstić information content (AvgIpc) is 3.57. The molecule has 0 saturated carbocycles. The van der Waals surface area contributed by atoms with E-state index in [4.69, 9.17) is 9.15 Å². The SMILES string of the molecule is CCCCN(CC)S(=O)(=O)c1ccc(C(=O)N(Cc2ccco2)c2nc3c(OC)cccc3s2)cc1. The number of rotatable bonds is 11. The Kier molecular flexibility index (Phi) is 8.07. The predicted molar refractivity (Wildman–Crippen MR) is 141 cm³/mol. The van der Waals surface area contributed by atoms with Crippen molar-refractivity contribution in [2.75, 3.05) is 25.1 Å². The Labute approximate surface area is 215 Å². The predicted octanol–water partition coefficient (Wildman–Crippen LogP) is 5.56. The summed E-state index contributed by atoms with van der Waals surface area (Å²) < 4.78 is 39.4. The van der Waals surface area contributed by atoms with E-state index in [1.807, 2.05) is 32.0 Å². The quantitative estimate of drug-likeness (QED) is 0.254. The highest BCUT2D eigenvalue weighted by Crippen LogP contribution is 2.35. The van der Waals surface area contributed by atoms with Crippen LogP contribution in [0.3, 0.4) is 0 Å². The Morgan fingerprint density at radius 1 is 1.08 bits per heavy atom. The maximum Gasteiger partial charge on any atom is 0.260 e. The summed E-state index contributed by atoms with van der Waals surface area (Å²) in [6, 6.07) is 15.2. The number of furan rings is 1. The van der Waals surface area contributed by atoms with Gasteiger partial charge in [0.25, 0.3) is 5.91 Å². The number of anilines is 1. The summed E-state index contributed by atoms with van der Waals surface area (Å²) in [4.78, 5) is 20.0. The number of para-hydroxylation sites is 1. The summed E-state index contributed by atoms with van der Waals surface area (Å²) in [5.41, 5.74) is 1.02. The van der Waals surface area contributed by atoms with E-state index in [0.29, 0.717) is 40.8 Å². The topological polar surface area (TPSA) is 93.0 Å². The zero-order valence-corrected chi connectivity index (χ0v) is 22.1. The van der Waals surface area contributed by atoms with E-state index < -0.39 is 10.0 Å². The van der Waals surface area contributed by atoms with Gasteiger partial charge in [-0.15, -0.1) is 0 Å². The second-order valence-electron chi connectivity index (χ2n) is 8.15. The lowest BCUT2D eigenvalue weighted by Gasteiger charge is -2.21. The molecular formula is C26H29N3O5S2. The number of thiazole rings is 1. The molecule has 0 spiro atoms. The smallest absolute Gasteiger partial charge is 0.260 e. The van der Waals surface area contributed by atoms with Crippen molar-refractivity contribution < 1.29 is 22.4 Å². The highest BCUT2D eigenvalue weighted by molar-refractivity contribution is 7.89. The lowest BCUT2D eigenvalue weighted by molar-refractivity contribution is 0.0983. The van der Waals surface area contributed by atoms with Gasteiger partial charge in [0, 0.05) is 18.7 Å². The third kappa shape index (κ3) is 5.30. The molecule has 0 aliphatic rings. The van der Waals surface area contributed by atoms with Gasteiger partial charge in [0.1, 0.15) is 17.0 Å². The largest absolute Gasteiger partial charge is 0.494 e. The zero-order valence-electron chi connectivity index (χ0n) is 20.5. The third-order valence-corrected chi connectivity index (χ3v) is 8.85. The second kappa shape index (κ2) is 11.2. The molecule has 0 fully saturated rings. The number of methoxy groups -OCH3 is 1. The van der Waals surface area contributed by atoms with Crippen molar-refractivity contribution in [1.29, 1.82) is 0 Å². The maximum absolute atomic E-state index is 13.7. The third-order valence-electron chi connectivity index (χ3n) is 5.81. The van der Waals surface area contributed by atoms with E-state index in [-0.39, 0.29) is 17.3 Å². The first-order chi connectivity index (χ1) is 17.4. The number of fused-ring (bicyclic) bond motifs is 1. The van der Waals surface area contributed by atoms with Crippen LogP contribution in [0.15, 0.2) is 70.2 Å². The number of sulfonamides is 1. The minimum atomic E-state index is -3.64. The van der Waals surface area contributed by atoms with Gasteiger partial charge in [-0.25, -0.2) is 13.4 Å². The molecule has 2 aromatic heterocycles. The Morgan fingerprint density at radius 2 is 1.86 bits per heavy atom. The van der Waals surface area contributed by atoms with Gasteiger partial charge in [-0.05, 0) is 55.0 Å². The van der Waals surface area contributed by atoms with Crippen molar-refractivity contribution in [1.82, 2.24) is 9.29 Å². The van der Waals surface area contributed by atoms with Crippen molar-refractivity contribution in [3.63, 3.8) is 0 Å². The number of aromatic nitrogens is 1. The van der Waals surface area contributed by atoms with Gasteiger partial charge >= 0.3 is 0 Å². The van der Waals surface area contributed by atoms with Crippen molar-refractivity contribution in [2.45, 2.75) is 38.1 Å². The van der Waals surface area contributed by atoms with Gasteiger partial charge in [0.15, 0.2) is 5.13 Å². The van der Waals surface area contributed by atoms with E-state index in [2.05, 4.69) is 4.98 Å². The summed E-state index contributed by atoms with van der Waals surface area (Å²) in [5, 5.41) is 0.490. The molecule has 0 radical (unpaired) electrons. The molecule has 10 heteroatoms. The molecule has 4 aromatic rings. The monoisotopic (exact) mass is 527 g/mol. The van der Waals surface area contributed by atoms with Gasteiger partial charge in [-0.2, -0.15) is 4.31 Å². The zero-order chi connectivity index (χ0) is 25.7. The van der Waals surface area contributed by atoms with Crippen LogP contribution in [0.4, 0.5) is 5.13 Å². The molecule has 8 nitrogen and oxygen atoms in total. The number of hydrogen-bond donors (Lipinski definition) is 0. The number of ether oxygens (including phenoxy) is 1. The molecule has 2 aromatic carbocycles. The molecule has 190 valence electrons. The number of carbonyl (C=O) groups excluding carboxylic acids is 1. The van der Waals surface area contributed by atoms with Crippen molar-refractivity contribution in [2.24, 2.45) is 0 Å². The van der Waals surface area contributed by atoms with Crippen LogP contribution in [0.1, 0.15) is 42.8 Å². The first kappa shape index (κ1) is 25.9. The molecule has 0 saturated heterocycles. The maximum atomic E-state index is 13.7. The molecule has 0 atom stereocenters. The summed E-state index contributed by atoms with van der Waals surface area (Å²) in [5.74, 6) is 0.911. The van der Waals surface area contributed by atoms with E-state index in [1.54, 1.807) is 37.6 Å². The number of benzene rings is 2. The van der Waals surface area contributed by atoms with E-state index in [9.17, 15) is 13.2 Å². The van der Waals surface area contributed by atoms with E-state index in [0.717, 1.165) is 17.5 Å². The summed E-state index contributed by atoms with van der Waals surface area (Å²) in [6.45, 7) is 4.88. The van der Waals surface area contributed by atoms with Crippen LogP contribution in [-0.4, -0.2) is 43.8 Å². The summed E-state index contributed by atoms with van der Waals surface area (Å²) in [6.07, 6.45) is 3.25. The van der Waals surface area contributed by atoms with Crippen LogP contribution < -0.4 is 9.64 Å². The lowest BCUT2D eigenvalue weighted by atomic mass is 10.2. The summed E-state index contributed by atoms with van der Waals surface area (Å²) >= 11 is 1.37. The van der Waals surface area contributed by atoms with Crippen molar-refractivity contribution >= 4 is 42.6 Å². The molecule has 0 aliphatic heterocycles. The fourth-order valence-corrected chi connectivity index (χ4v) is 6.30. The van der Waals surface area contributed by atoms with Crippen LogP contribution >= 0.6 is 11.3 Å². The lowest BCUT2D eigenvalue weighted by Crippen LogP contribution is -2.32. The highest BCUT2D eigenvalue weighted by Gasteiger charge is 2.26. The molecule has 0 bridgehead atoms. The Hall–Kier alpha value is -3.21. The number of amides is 1. The van der Waals surface area contributed by atoms with E-state index in [1.165, 1.54) is 32.7 Å². The first-order valence-corrected chi connectivity index (χ1v) is 14.0. The standard InChI is InChI=1S/C26H29N3O5S2/c1-4-6-16-28(5-2)36(31,32)21-14-12-19(13-15-21)25(30)29(18-20-9-8-17-34-20)26-27-24-22(33-3)10-7-11-23(24)35-26/h7-15,17H,4-6,16,18H2,1-3H3. The van der Waals surface area contributed by atoms with Crippen LogP contribution in [-0.2, 0) is 16.6 Å². The minimum absolute atomic E-state index is 0.166. The number of nitrogens with zero attached hydrogens (tertiary/aromatic N) is 3. The van der Waals surface area contributed by atoms with Gasteiger partial charge in [0.2, 0.25) is 10.0 Å². The van der Waals surface area contributed by atoms with E-state index >= 15 is 0 Å². The Morgan fingerprint density at radius 3 is 2.50 bits per heavy atom. The first-order valence-electron chi connectivity index (χ1n) is 11.8. The average molecular weight is 528 g/mol. The summed E-state index contributed by atoms with van der Waals surface area (Å²) in [7, 11) is -2.05. The van der Waals surface area contributed by atoms with Gasteiger partial charge < -0.3 is 9.15 Å². The Bertz CT molecular complexity index is 1410. The molecule has 0 unspecified atom stereocenters. The van der Waals surface area contributed by atoms with Crippen LogP contribution in [0.5, 0.6) is 5.75 Å². The fourth-order valence-electron chi connectivity index (χ4n) is 3.83. The molecule has 2 heterocycles. The Balaban J connectivity index is 1.67. The highest BCUT2D eigenvalue weighted by atomic mass is 32.2. The fraction of sp³-hybridized carbons (Fsp3) is 0.308. The number of hydrogen-bond acceptors (Lipinski definition) is 7. The minimum Gasteiger partial charge on any atom is -0.494 e. The normalized spacial score (nSPS) is 11.8. The number of unbranched alkanes of at least 4 members (excludes halogenated alkanes) is 1. The second-order valence-corrected chi connectivity index (χ2v) is 11.1. The van der Waals surface area contributed by atoms with Crippen LogP contribution in [0.2, 0.25) is 0 Å². The van der Waals surface area contributed by atoms with Crippen molar-refractivity contribution in [3.05, 3.63) is 72.2 Å². The molecule has 0 N–H and O–H groups in total. The van der Waals surface area contributed by atoms with Gasteiger partial charge in [0.05, 0.1) is 29.5 Å². The molecular weight excluding hydrogens is 498 g/mol.